The Labute approximate surface area is 144 Å². The molecule has 0 spiro atoms. The third-order valence-electron chi connectivity index (χ3n) is 3.82. The molecule has 1 amide bonds. The number of likely N-dealkylation sites (tertiary alicyclic amines) is 1. The van der Waals surface area contributed by atoms with Crippen LogP contribution in [0.1, 0.15) is 23.2 Å². The van der Waals surface area contributed by atoms with E-state index in [4.69, 9.17) is 0 Å². The fourth-order valence-corrected chi connectivity index (χ4v) is 3.88. The number of carbonyl (C=O) groups is 1. The van der Waals surface area contributed by atoms with Gasteiger partial charge in [-0.25, -0.2) is 13.1 Å². The zero-order valence-corrected chi connectivity index (χ0v) is 14.5. The molecule has 1 saturated heterocycles. The van der Waals surface area contributed by atoms with Crippen LogP contribution in [0.5, 0.6) is 0 Å². The van der Waals surface area contributed by atoms with Gasteiger partial charge in [-0.2, -0.15) is 13.2 Å². The lowest BCUT2D eigenvalue weighted by Gasteiger charge is -2.29. The lowest BCUT2D eigenvalue weighted by atomic mass is 10.1. The van der Waals surface area contributed by atoms with Crippen molar-refractivity contribution in [3.8, 4) is 0 Å². The van der Waals surface area contributed by atoms with Crippen LogP contribution in [-0.2, 0) is 10.0 Å². The monoisotopic (exact) mass is 379 g/mol. The summed E-state index contributed by atoms with van der Waals surface area (Å²) in [6, 6.07) is 4.59. The van der Waals surface area contributed by atoms with Crippen LogP contribution in [0.4, 0.5) is 13.2 Å². The maximum absolute atomic E-state index is 12.4. The highest BCUT2D eigenvalue weighted by Gasteiger charge is 2.28. The number of carbonyl (C=O) groups excluding carboxylic acids is 1. The van der Waals surface area contributed by atoms with Gasteiger partial charge in [0, 0.05) is 18.2 Å². The maximum Gasteiger partial charge on any atom is 0.405 e. The van der Waals surface area contributed by atoms with Crippen molar-refractivity contribution in [3.05, 3.63) is 29.8 Å². The second-order valence-electron chi connectivity index (χ2n) is 6.04. The molecule has 2 N–H and O–H groups in total. The minimum atomic E-state index is -4.50. The van der Waals surface area contributed by atoms with Gasteiger partial charge in [0.15, 0.2) is 0 Å². The van der Waals surface area contributed by atoms with E-state index in [9.17, 15) is 26.4 Å². The molecule has 25 heavy (non-hydrogen) atoms. The van der Waals surface area contributed by atoms with E-state index in [2.05, 4.69) is 4.72 Å². The molecule has 10 heteroatoms. The van der Waals surface area contributed by atoms with Crippen molar-refractivity contribution in [2.24, 2.45) is 0 Å². The fourth-order valence-electron chi connectivity index (χ4n) is 2.62. The predicted octanol–water partition coefficient (Wildman–Crippen LogP) is 1.35. The number of halogens is 3. The van der Waals surface area contributed by atoms with Gasteiger partial charge in [0.25, 0.3) is 5.91 Å². The van der Waals surface area contributed by atoms with E-state index in [-0.39, 0.29) is 16.5 Å². The van der Waals surface area contributed by atoms with Gasteiger partial charge in [-0.15, -0.1) is 0 Å². The molecule has 1 aliphatic heterocycles. The highest BCUT2D eigenvalue weighted by molar-refractivity contribution is 7.89. The van der Waals surface area contributed by atoms with Crippen molar-refractivity contribution in [2.75, 3.05) is 26.7 Å². The second kappa shape index (κ2) is 7.71. The minimum Gasteiger partial charge on any atom is -0.343 e. The molecule has 1 aromatic carbocycles. The van der Waals surface area contributed by atoms with Gasteiger partial charge in [-0.3, -0.25) is 4.79 Å². The van der Waals surface area contributed by atoms with Crippen LogP contribution in [-0.4, -0.2) is 58.1 Å². The van der Waals surface area contributed by atoms with Gasteiger partial charge in [0.1, 0.15) is 6.54 Å². The number of hydrogen-bond acceptors (Lipinski definition) is 4. The number of sulfonamides is 1. The predicted molar refractivity (Wildman–Crippen MR) is 85.7 cm³/mol. The summed E-state index contributed by atoms with van der Waals surface area (Å²) in [6.45, 7) is 0.0831. The lowest BCUT2D eigenvalue weighted by Crippen LogP contribution is -2.46. The molecule has 1 fully saturated rings. The number of likely N-dealkylation sites (N-methyl/N-ethyl adjacent to an activating group) is 1. The molecule has 0 aromatic heterocycles. The van der Waals surface area contributed by atoms with Crippen LogP contribution < -0.4 is 10.0 Å². The fraction of sp³-hybridized carbons (Fsp3) is 0.533. The summed E-state index contributed by atoms with van der Waals surface area (Å²) in [4.78, 5) is 13.6. The van der Waals surface area contributed by atoms with Gasteiger partial charge in [0.2, 0.25) is 10.0 Å². The average molecular weight is 379 g/mol. The van der Waals surface area contributed by atoms with Crippen LogP contribution in [0, 0.1) is 0 Å². The second-order valence-corrected chi connectivity index (χ2v) is 7.76. The van der Waals surface area contributed by atoms with Gasteiger partial charge in [0.05, 0.1) is 4.90 Å². The first-order valence-electron chi connectivity index (χ1n) is 7.73. The molecular weight excluding hydrogens is 359 g/mol. The first-order chi connectivity index (χ1) is 11.6. The summed E-state index contributed by atoms with van der Waals surface area (Å²) in [5.41, 5.74) is -0.0411. The topological polar surface area (TPSA) is 78.5 Å². The van der Waals surface area contributed by atoms with E-state index < -0.39 is 28.7 Å². The number of amides is 1. The Balaban J connectivity index is 2.01. The van der Waals surface area contributed by atoms with Gasteiger partial charge in [-0.05, 0) is 50.7 Å². The molecule has 1 aromatic rings. The lowest BCUT2D eigenvalue weighted by molar-refractivity contribution is -0.123. The van der Waals surface area contributed by atoms with Crippen molar-refractivity contribution in [2.45, 2.75) is 30.0 Å². The van der Waals surface area contributed by atoms with Gasteiger partial charge in [-0.1, -0.05) is 0 Å². The summed E-state index contributed by atoms with van der Waals surface area (Å²) in [5, 5.41) is 1.73. The van der Waals surface area contributed by atoms with Crippen LogP contribution in [0.2, 0.25) is 0 Å². The number of hydrogen-bond donors (Lipinski definition) is 2. The Hall–Kier alpha value is -1.65. The van der Waals surface area contributed by atoms with Crippen molar-refractivity contribution in [1.82, 2.24) is 14.9 Å². The summed E-state index contributed by atoms with van der Waals surface area (Å²) >= 11 is 0. The molecule has 6 nitrogen and oxygen atoms in total. The molecule has 0 aliphatic carbocycles. The molecular formula is C15H20F3N3O3S. The Morgan fingerprint density at radius 3 is 2.48 bits per heavy atom. The van der Waals surface area contributed by atoms with E-state index >= 15 is 0 Å². The normalized spacial score (nSPS) is 19.6. The summed E-state index contributed by atoms with van der Waals surface area (Å²) in [5.74, 6) is -0.914. The maximum atomic E-state index is 12.4. The Morgan fingerprint density at radius 1 is 1.28 bits per heavy atom. The number of rotatable bonds is 5. The van der Waals surface area contributed by atoms with Crippen molar-refractivity contribution in [3.63, 3.8) is 0 Å². The molecule has 2 rings (SSSR count). The number of benzene rings is 1. The molecule has 0 bridgehead atoms. The molecule has 1 aliphatic rings. The standard InChI is InChI=1S/C15H20F3N3O3S/c1-21-8-2-3-12(9-21)20-25(23,24)13-6-4-11(5-7-13)14(22)19-10-15(16,17)18/h4-7,12,20H,2-3,8-10H2,1H3,(H,19,22)/t12-/m1/s1. The van der Waals surface area contributed by atoms with Gasteiger partial charge < -0.3 is 10.2 Å². The Kier molecular flexibility index (Phi) is 6.07. The highest BCUT2D eigenvalue weighted by atomic mass is 32.2. The number of nitrogens with zero attached hydrogens (tertiary/aromatic N) is 1. The van der Waals surface area contributed by atoms with Crippen LogP contribution in [0.3, 0.4) is 0 Å². The van der Waals surface area contributed by atoms with E-state index in [1.54, 1.807) is 5.32 Å². The number of piperidine rings is 1. The number of alkyl halides is 3. The molecule has 140 valence electrons. The third-order valence-corrected chi connectivity index (χ3v) is 5.36. The van der Waals surface area contributed by atoms with E-state index in [0.29, 0.717) is 6.54 Å². The molecule has 1 heterocycles. The Morgan fingerprint density at radius 2 is 1.92 bits per heavy atom. The Bertz CT molecular complexity index is 705. The summed E-state index contributed by atoms with van der Waals surface area (Å²) in [7, 11) is -1.84. The van der Waals surface area contributed by atoms with E-state index in [1.807, 2.05) is 11.9 Å². The van der Waals surface area contributed by atoms with E-state index in [0.717, 1.165) is 19.4 Å². The van der Waals surface area contributed by atoms with E-state index in [1.165, 1.54) is 24.3 Å². The average Bonchev–Trinajstić information content (AvgIpc) is 2.51. The molecule has 1 atom stereocenters. The zero-order valence-electron chi connectivity index (χ0n) is 13.6. The zero-order chi connectivity index (χ0) is 18.7. The van der Waals surface area contributed by atoms with Crippen LogP contribution in [0.25, 0.3) is 0 Å². The van der Waals surface area contributed by atoms with Gasteiger partial charge >= 0.3 is 6.18 Å². The van der Waals surface area contributed by atoms with Crippen LogP contribution in [0.15, 0.2) is 29.2 Å². The smallest absolute Gasteiger partial charge is 0.343 e. The first-order valence-corrected chi connectivity index (χ1v) is 9.21. The quantitative estimate of drug-likeness (QED) is 0.810. The minimum absolute atomic E-state index is 0.0342. The molecule has 0 radical (unpaired) electrons. The van der Waals surface area contributed by atoms with Crippen LogP contribution >= 0.6 is 0 Å². The third kappa shape index (κ3) is 5.98. The van der Waals surface area contributed by atoms with Crippen molar-refractivity contribution < 1.29 is 26.4 Å². The SMILES string of the molecule is CN1CCC[C@@H](NS(=O)(=O)c2ccc(C(=O)NCC(F)(F)F)cc2)C1. The van der Waals surface area contributed by atoms with Crippen molar-refractivity contribution >= 4 is 15.9 Å². The van der Waals surface area contributed by atoms with Crippen molar-refractivity contribution in [1.29, 1.82) is 0 Å². The molecule has 0 saturated carbocycles. The molecule has 0 unspecified atom stereocenters. The summed E-state index contributed by atoms with van der Waals surface area (Å²) in [6.07, 6.45) is -2.88. The number of nitrogens with one attached hydrogen (secondary N) is 2. The first kappa shape index (κ1) is 19.7. The summed E-state index contributed by atoms with van der Waals surface area (Å²) < 4.78 is 63.6. The highest BCUT2D eigenvalue weighted by Crippen LogP contribution is 2.16. The largest absolute Gasteiger partial charge is 0.405 e.